The highest BCUT2D eigenvalue weighted by molar-refractivity contribution is 8.15. The van der Waals surface area contributed by atoms with Crippen LogP contribution >= 0.6 is 11.8 Å². The molecular weight excluding hydrogens is 380 g/mol. The second-order valence-corrected chi connectivity index (χ2v) is 7.50. The maximum Gasteiger partial charge on any atom is 0.271 e. The lowest BCUT2D eigenvalue weighted by Gasteiger charge is -2.07. The molecule has 1 fully saturated rings. The van der Waals surface area contributed by atoms with Crippen LogP contribution in [-0.4, -0.2) is 27.2 Å². The second-order valence-electron chi connectivity index (χ2n) is 6.31. The first-order chi connectivity index (χ1) is 13.3. The van der Waals surface area contributed by atoms with Crippen molar-refractivity contribution in [3.8, 4) is 0 Å². The van der Waals surface area contributed by atoms with Gasteiger partial charge in [0.05, 0.1) is 10.6 Å². The molecule has 0 spiro atoms. The lowest BCUT2D eigenvalue weighted by molar-refractivity contribution is -0.384. The van der Waals surface area contributed by atoms with E-state index in [4.69, 9.17) is 0 Å². The van der Waals surface area contributed by atoms with E-state index in [2.05, 4.69) is 15.6 Å². The molecule has 2 N–H and O–H groups in total. The molecule has 0 bridgehead atoms. The molecular formula is C19H18N4O4S. The number of carbonyl (C=O) groups is 2. The van der Waals surface area contributed by atoms with Crippen LogP contribution in [0.5, 0.6) is 0 Å². The van der Waals surface area contributed by atoms with Gasteiger partial charge in [0.25, 0.3) is 5.69 Å². The number of aliphatic imine (C=N–C) groups is 1. The number of anilines is 1. The highest BCUT2D eigenvalue weighted by atomic mass is 32.2. The largest absolute Gasteiger partial charge is 0.326 e. The van der Waals surface area contributed by atoms with E-state index in [9.17, 15) is 19.7 Å². The van der Waals surface area contributed by atoms with Crippen molar-refractivity contribution in [3.05, 3.63) is 63.7 Å². The SMILES string of the molecule is Cc1cccc(C)c1N=C1NC(=O)[C@H](CC(=O)Nc2cccc([N+](=O)[O-])c2)S1. The number of para-hydroxylation sites is 1. The van der Waals surface area contributed by atoms with Gasteiger partial charge in [0.15, 0.2) is 5.17 Å². The third-order valence-electron chi connectivity index (χ3n) is 4.14. The van der Waals surface area contributed by atoms with Crippen LogP contribution < -0.4 is 10.6 Å². The van der Waals surface area contributed by atoms with Crippen LogP contribution in [0.4, 0.5) is 17.1 Å². The number of thioether (sulfide) groups is 1. The van der Waals surface area contributed by atoms with Crippen LogP contribution in [0.15, 0.2) is 47.5 Å². The summed E-state index contributed by atoms with van der Waals surface area (Å²) in [5, 5.41) is 16.0. The zero-order chi connectivity index (χ0) is 20.3. The van der Waals surface area contributed by atoms with E-state index >= 15 is 0 Å². The number of amides is 2. The normalized spacial score (nSPS) is 17.4. The Morgan fingerprint density at radius 1 is 1.25 bits per heavy atom. The quantitative estimate of drug-likeness (QED) is 0.591. The van der Waals surface area contributed by atoms with Crippen LogP contribution in [0, 0.1) is 24.0 Å². The van der Waals surface area contributed by atoms with Crippen LogP contribution in [0.1, 0.15) is 17.5 Å². The summed E-state index contributed by atoms with van der Waals surface area (Å²) in [4.78, 5) is 39.3. The number of amidine groups is 1. The summed E-state index contributed by atoms with van der Waals surface area (Å²) in [6.07, 6.45) is -0.0645. The maximum atomic E-state index is 12.3. The Hall–Kier alpha value is -3.20. The van der Waals surface area contributed by atoms with Crippen molar-refractivity contribution in [2.75, 3.05) is 5.32 Å². The van der Waals surface area contributed by atoms with Crippen molar-refractivity contribution >= 4 is 45.8 Å². The Labute approximate surface area is 165 Å². The van der Waals surface area contributed by atoms with Crippen LogP contribution in [0.2, 0.25) is 0 Å². The van der Waals surface area contributed by atoms with Gasteiger partial charge in [-0.05, 0) is 31.0 Å². The van der Waals surface area contributed by atoms with Gasteiger partial charge in [-0.25, -0.2) is 4.99 Å². The highest BCUT2D eigenvalue weighted by Crippen LogP contribution is 2.29. The summed E-state index contributed by atoms with van der Waals surface area (Å²) < 4.78 is 0. The zero-order valence-electron chi connectivity index (χ0n) is 15.3. The Morgan fingerprint density at radius 2 is 1.93 bits per heavy atom. The van der Waals surface area contributed by atoms with Gasteiger partial charge in [0, 0.05) is 24.2 Å². The van der Waals surface area contributed by atoms with Crippen molar-refractivity contribution in [1.29, 1.82) is 0 Å². The van der Waals surface area contributed by atoms with Gasteiger partial charge in [-0.15, -0.1) is 0 Å². The zero-order valence-corrected chi connectivity index (χ0v) is 16.1. The molecule has 2 aromatic rings. The van der Waals surface area contributed by atoms with Crippen molar-refractivity contribution in [1.82, 2.24) is 5.32 Å². The number of hydrogen-bond acceptors (Lipinski definition) is 6. The molecule has 1 aliphatic heterocycles. The molecule has 0 unspecified atom stereocenters. The number of benzene rings is 2. The lowest BCUT2D eigenvalue weighted by Crippen LogP contribution is -2.28. The minimum atomic E-state index is -0.609. The molecule has 3 rings (SSSR count). The number of nitrogens with zero attached hydrogens (tertiary/aromatic N) is 2. The van der Waals surface area contributed by atoms with Gasteiger partial charge in [0.2, 0.25) is 11.8 Å². The Morgan fingerprint density at radius 3 is 2.61 bits per heavy atom. The summed E-state index contributed by atoms with van der Waals surface area (Å²) >= 11 is 1.20. The number of non-ortho nitro benzene ring substituents is 1. The standard InChI is InChI=1S/C19H18N4O4S/c1-11-5-3-6-12(2)17(11)21-19-22-18(25)15(28-19)10-16(24)20-13-7-4-8-14(9-13)23(26)27/h3-9,15H,10H2,1-2H3,(H,20,24)(H,21,22,25)/t15-/m0/s1. The van der Waals surface area contributed by atoms with E-state index in [0.29, 0.717) is 10.9 Å². The molecule has 0 radical (unpaired) electrons. The molecule has 0 aromatic heterocycles. The first-order valence-corrected chi connectivity index (χ1v) is 9.38. The molecule has 1 heterocycles. The fourth-order valence-corrected chi connectivity index (χ4v) is 3.73. The van der Waals surface area contributed by atoms with Crippen molar-refractivity contribution < 1.29 is 14.5 Å². The monoisotopic (exact) mass is 398 g/mol. The average molecular weight is 398 g/mol. The second kappa shape index (κ2) is 8.22. The first kappa shape index (κ1) is 19.6. The summed E-state index contributed by atoms with van der Waals surface area (Å²) in [5.41, 5.74) is 2.98. The van der Waals surface area contributed by atoms with Gasteiger partial charge in [-0.1, -0.05) is 36.0 Å². The number of carbonyl (C=O) groups excluding carboxylic acids is 2. The Bertz CT molecular complexity index is 969. The molecule has 144 valence electrons. The molecule has 2 aromatic carbocycles. The summed E-state index contributed by atoms with van der Waals surface area (Å²) in [6, 6.07) is 11.5. The van der Waals surface area contributed by atoms with E-state index in [0.717, 1.165) is 16.8 Å². The van der Waals surface area contributed by atoms with Gasteiger partial charge < -0.3 is 10.6 Å². The molecule has 0 saturated carbocycles. The molecule has 0 aliphatic carbocycles. The third-order valence-corrected chi connectivity index (χ3v) is 5.22. The number of aryl methyl sites for hydroxylation is 2. The molecule has 8 nitrogen and oxygen atoms in total. The van der Waals surface area contributed by atoms with E-state index in [1.165, 1.54) is 30.0 Å². The van der Waals surface area contributed by atoms with Gasteiger partial charge in [-0.2, -0.15) is 0 Å². The predicted molar refractivity (Wildman–Crippen MR) is 109 cm³/mol. The fraction of sp³-hybridized carbons (Fsp3) is 0.211. The van der Waals surface area contributed by atoms with Gasteiger partial charge >= 0.3 is 0 Å². The van der Waals surface area contributed by atoms with E-state index in [1.54, 1.807) is 6.07 Å². The molecule has 28 heavy (non-hydrogen) atoms. The van der Waals surface area contributed by atoms with Gasteiger partial charge in [-0.3, -0.25) is 19.7 Å². The van der Waals surface area contributed by atoms with Crippen molar-refractivity contribution in [2.45, 2.75) is 25.5 Å². The van der Waals surface area contributed by atoms with Gasteiger partial charge in [0.1, 0.15) is 5.25 Å². The average Bonchev–Trinajstić information content (AvgIpc) is 2.97. The minimum Gasteiger partial charge on any atom is -0.326 e. The topological polar surface area (TPSA) is 114 Å². The van der Waals surface area contributed by atoms with E-state index in [1.807, 2.05) is 32.0 Å². The number of nitrogens with one attached hydrogen (secondary N) is 2. The van der Waals surface area contributed by atoms with Crippen LogP contribution in [0.25, 0.3) is 0 Å². The van der Waals surface area contributed by atoms with Crippen LogP contribution in [0.3, 0.4) is 0 Å². The summed E-state index contributed by atoms with van der Waals surface area (Å²) in [6.45, 7) is 3.88. The number of nitro groups is 1. The Balaban J connectivity index is 1.66. The fourth-order valence-electron chi connectivity index (χ4n) is 2.75. The molecule has 1 aliphatic rings. The highest BCUT2D eigenvalue weighted by Gasteiger charge is 2.32. The van der Waals surface area contributed by atoms with Crippen molar-refractivity contribution in [3.63, 3.8) is 0 Å². The van der Waals surface area contributed by atoms with E-state index < -0.39 is 16.1 Å². The number of nitro benzene ring substituents is 1. The smallest absolute Gasteiger partial charge is 0.271 e. The lowest BCUT2D eigenvalue weighted by atomic mass is 10.1. The maximum absolute atomic E-state index is 12.3. The molecule has 1 atom stereocenters. The summed E-state index contributed by atoms with van der Waals surface area (Å²) in [5.74, 6) is -0.689. The van der Waals surface area contributed by atoms with E-state index in [-0.39, 0.29) is 18.0 Å². The predicted octanol–water partition coefficient (Wildman–Crippen LogP) is 3.46. The number of hydrogen-bond donors (Lipinski definition) is 2. The minimum absolute atomic E-state index is 0.0645. The summed E-state index contributed by atoms with van der Waals surface area (Å²) in [7, 11) is 0. The third kappa shape index (κ3) is 4.55. The van der Waals surface area contributed by atoms with Crippen molar-refractivity contribution in [2.24, 2.45) is 4.99 Å². The molecule has 1 saturated heterocycles. The number of rotatable bonds is 5. The molecule has 2 amide bonds. The Kier molecular flexibility index (Phi) is 5.74. The molecule has 9 heteroatoms. The van der Waals surface area contributed by atoms with Crippen LogP contribution in [-0.2, 0) is 9.59 Å². The first-order valence-electron chi connectivity index (χ1n) is 8.50.